The van der Waals surface area contributed by atoms with Crippen molar-refractivity contribution in [3.8, 4) is 5.88 Å². The lowest BCUT2D eigenvalue weighted by Gasteiger charge is -2.46. The normalized spacial score (nSPS) is 21.1. The number of aromatic nitrogens is 2. The first-order valence-electron chi connectivity index (χ1n) is 5.51. The number of hydrogen-bond donors (Lipinski definition) is 1. The molecule has 0 atom stereocenters. The molecule has 1 aromatic heterocycles. The van der Waals surface area contributed by atoms with Gasteiger partial charge >= 0.3 is 0 Å². The Bertz CT molecular complexity index is 434. The summed E-state index contributed by atoms with van der Waals surface area (Å²) in [5, 5.41) is 4.22. The average Bonchev–Trinajstić information content (AvgIpc) is 2.49. The topological polar surface area (TPSA) is 53.1 Å². The molecule has 1 aliphatic rings. The summed E-state index contributed by atoms with van der Waals surface area (Å²) in [6.07, 6.45) is -0.446. The highest BCUT2D eigenvalue weighted by Crippen LogP contribution is 2.55. The molecular weight excluding hydrogens is 228 g/mol. The molecule has 1 aliphatic carbocycles. The van der Waals surface area contributed by atoms with Gasteiger partial charge in [0.1, 0.15) is 0 Å². The Labute approximate surface area is 98.7 Å². The number of nitrogens with zero attached hydrogens (tertiary/aromatic N) is 2. The van der Waals surface area contributed by atoms with E-state index in [2.05, 4.69) is 5.10 Å². The van der Waals surface area contributed by atoms with Gasteiger partial charge in [0.25, 0.3) is 0 Å². The van der Waals surface area contributed by atoms with Crippen LogP contribution in [-0.2, 0) is 12.5 Å². The predicted octanol–water partition coefficient (Wildman–Crippen LogP) is 1.36. The van der Waals surface area contributed by atoms with Gasteiger partial charge in [-0.25, -0.2) is 13.5 Å². The molecule has 0 amide bonds. The molecule has 1 saturated carbocycles. The van der Waals surface area contributed by atoms with Crippen LogP contribution in [0.5, 0.6) is 5.88 Å². The summed E-state index contributed by atoms with van der Waals surface area (Å²) < 4.78 is 33.1. The zero-order valence-corrected chi connectivity index (χ0v) is 10.3. The van der Waals surface area contributed by atoms with Crippen LogP contribution >= 0.6 is 0 Å². The first kappa shape index (κ1) is 12.3. The largest absolute Gasteiger partial charge is 0.481 e. The van der Waals surface area contributed by atoms with Gasteiger partial charge in [0.2, 0.25) is 11.8 Å². The maximum atomic E-state index is 13.2. The zero-order chi connectivity index (χ0) is 12.8. The fraction of sp³-hybridized carbons (Fsp3) is 0.727. The lowest BCUT2D eigenvalue weighted by atomic mass is 9.62. The van der Waals surface area contributed by atoms with Crippen molar-refractivity contribution in [2.75, 3.05) is 13.7 Å². The van der Waals surface area contributed by atoms with E-state index in [9.17, 15) is 8.78 Å². The third-order valence-corrected chi connectivity index (χ3v) is 3.48. The van der Waals surface area contributed by atoms with Gasteiger partial charge in [0.05, 0.1) is 12.8 Å². The van der Waals surface area contributed by atoms with Gasteiger partial charge < -0.3 is 10.5 Å². The molecule has 1 aromatic rings. The molecule has 0 bridgehead atoms. The van der Waals surface area contributed by atoms with Crippen LogP contribution in [0.2, 0.25) is 0 Å². The van der Waals surface area contributed by atoms with Gasteiger partial charge in [-0.2, -0.15) is 5.10 Å². The van der Waals surface area contributed by atoms with E-state index >= 15 is 0 Å². The molecule has 4 nitrogen and oxygen atoms in total. The van der Waals surface area contributed by atoms with Crippen molar-refractivity contribution in [1.29, 1.82) is 0 Å². The first-order valence-corrected chi connectivity index (χ1v) is 5.51. The molecular formula is C11H17F2N3O. The van der Waals surface area contributed by atoms with Gasteiger partial charge in [-0.15, -0.1) is 0 Å². The van der Waals surface area contributed by atoms with Crippen molar-refractivity contribution in [3.05, 3.63) is 11.3 Å². The SMILES string of the molecule is COc1c(C2(CN)CC(F)(F)C2)c(C)nn1C. The summed E-state index contributed by atoms with van der Waals surface area (Å²) in [6.45, 7) is 1.98. The summed E-state index contributed by atoms with van der Waals surface area (Å²) >= 11 is 0. The van der Waals surface area contributed by atoms with Gasteiger partial charge in [0.15, 0.2) is 0 Å². The van der Waals surface area contributed by atoms with Crippen LogP contribution in [0, 0.1) is 6.92 Å². The Balaban J connectivity index is 2.46. The molecule has 0 aromatic carbocycles. The molecule has 1 fully saturated rings. The number of halogens is 2. The number of aryl methyl sites for hydroxylation is 2. The lowest BCUT2D eigenvalue weighted by molar-refractivity contribution is -0.124. The maximum absolute atomic E-state index is 13.2. The molecule has 2 rings (SSSR count). The molecule has 0 aliphatic heterocycles. The summed E-state index contributed by atoms with van der Waals surface area (Å²) in [5.74, 6) is -2.09. The molecule has 0 saturated heterocycles. The second-order valence-electron chi connectivity index (χ2n) is 4.79. The van der Waals surface area contributed by atoms with Gasteiger partial charge in [-0.05, 0) is 6.92 Å². The number of nitrogens with two attached hydrogens (primary N) is 1. The minimum Gasteiger partial charge on any atom is -0.481 e. The monoisotopic (exact) mass is 245 g/mol. The van der Waals surface area contributed by atoms with E-state index in [0.29, 0.717) is 11.6 Å². The number of methoxy groups -OCH3 is 1. The van der Waals surface area contributed by atoms with Crippen molar-refractivity contribution in [1.82, 2.24) is 9.78 Å². The van der Waals surface area contributed by atoms with Crippen molar-refractivity contribution in [2.45, 2.75) is 31.1 Å². The minimum absolute atomic E-state index is 0.186. The molecule has 0 radical (unpaired) electrons. The number of alkyl halides is 2. The highest BCUT2D eigenvalue weighted by molar-refractivity contribution is 5.42. The van der Waals surface area contributed by atoms with E-state index in [1.165, 1.54) is 7.11 Å². The smallest absolute Gasteiger partial charge is 0.250 e. The number of ether oxygens (including phenoxy) is 1. The van der Waals surface area contributed by atoms with E-state index in [1.54, 1.807) is 18.7 Å². The standard InChI is InChI=1S/C11H17F2N3O/c1-7-8(9(17-3)16(2)15-7)10(6-14)4-11(12,13)5-10/h4-6,14H2,1-3H3. The van der Waals surface area contributed by atoms with Crippen LogP contribution in [0.4, 0.5) is 8.78 Å². The van der Waals surface area contributed by atoms with Crippen LogP contribution in [0.15, 0.2) is 0 Å². The van der Waals surface area contributed by atoms with Gasteiger partial charge in [-0.1, -0.05) is 0 Å². The van der Waals surface area contributed by atoms with Crippen molar-refractivity contribution < 1.29 is 13.5 Å². The Morgan fingerprint density at radius 2 is 2.06 bits per heavy atom. The average molecular weight is 245 g/mol. The fourth-order valence-corrected chi connectivity index (χ4v) is 2.84. The maximum Gasteiger partial charge on any atom is 0.250 e. The lowest BCUT2D eigenvalue weighted by Crippen LogP contribution is -2.54. The molecule has 6 heteroatoms. The molecule has 0 unspecified atom stereocenters. The van der Waals surface area contributed by atoms with Crippen LogP contribution in [0.1, 0.15) is 24.1 Å². The summed E-state index contributed by atoms with van der Waals surface area (Å²) in [4.78, 5) is 0. The summed E-state index contributed by atoms with van der Waals surface area (Å²) in [6, 6.07) is 0. The van der Waals surface area contributed by atoms with Crippen molar-refractivity contribution in [2.24, 2.45) is 12.8 Å². The molecule has 96 valence electrons. The highest BCUT2D eigenvalue weighted by atomic mass is 19.3. The van der Waals surface area contributed by atoms with Crippen LogP contribution < -0.4 is 10.5 Å². The third-order valence-electron chi connectivity index (χ3n) is 3.48. The van der Waals surface area contributed by atoms with Crippen LogP contribution in [0.25, 0.3) is 0 Å². The summed E-state index contributed by atoms with van der Waals surface area (Å²) in [5.41, 5.74) is 6.46. The van der Waals surface area contributed by atoms with Gasteiger partial charge in [-0.3, -0.25) is 0 Å². The Morgan fingerprint density at radius 3 is 2.47 bits per heavy atom. The van der Waals surface area contributed by atoms with Crippen molar-refractivity contribution >= 4 is 0 Å². The van der Waals surface area contributed by atoms with E-state index in [0.717, 1.165) is 5.56 Å². The third kappa shape index (κ3) is 1.71. The zero-order valence-electron chi connectivity index (χ0n) is 10.3. The van der Waals surface area contributed by atoms with Gasteiger partial charge in [0, 0.05) is 37.4 Å². The number of hydrogen-bond acceptors (Lipinski definition) is 3. The predicted molar refractivity (Wildman–Crippen MR) is 59.4 cm³/mol. The molecule has 2 N–H and O–H groups in total. The molecule has 0 spiro atoms. The second kappa shape index (κ2) is 3.66. The van der Waals surface area contributed by atoms with Crippen LogP contribution in [-0.4, -0.2) is 29.4 Å². The summed E-state index contributed by atoms with van der Waals surface area (Å²) in [7, 11) is 3.25. The quantitative estimate of drug-likeness (QED) is 0.874. The minimum atomic E-state index is -2.62. The second-order valence-corrected chi connectivity index (χ2v) is 4.79. The first-order chi connectivity index (χ1) is 7.85. The van der Waals surface area contributed by atoms with E-state index in [1.807, 2.05) is 0 Å². The Morgan fingerprint density at radius 1 is 1.47 bits per heavy atom. The molecule has 17 heavy (non-hydrogen) atoms. The Hall–Kier alpha value is -1.17. The molecule has 1 heterocycles. The highest BCUT2D eigenvalue weighted by Gasteiger charge is 2.58. The van der Waals surface area contributed by atoms with E-state index < -0.39 is 11.3 Å². The van der Waals surface area contributed by atoms with Crippen molar-refractivity contribution in [3.63, 3.8) is 0 Å². The van der Waals surface area contributed by atoms with E-state index in [-0.39, 0.29) is 19.4 Å². The van der Waals surface area contributed by atoms with Crippen LogP contribution in [0.3, 0.4) is 0 Å². The van der Waals surface area contributed by atoms with E-state index in [4.69, 9.17) is 10.5 Å². The number of rotatable bonds is 3. The fourth-order valence-electron chi connectivity index (χ4n) is 2.84. The Kier molecular flexibility index (Phi) is 2.65.